The van der Waals surface area contributed by atoms with Crippen molar-refractivity contribution in [3.8, 4) is 0 Å². The van der Waals surface area contributed by atoms with E-state index in [9.17, 15) is 9.59 Å². The molecule has 1 unspecified atom stereocenters. The van der Waals surface area contributed by atoms with Gasteiger partial charge in [0.25, 0.3) is 5.91 Å². The number of anilines is 1. The lowest BCUT2D eigenvalue weighted by molar-refractivity contribution is -0.139. The van der Waals surface area contributed by atoms with Crippen molar-refractivity contribution in [2.75, 3.05) is 19.0 Å². The smallest absolute Gasteiger partial charge is 0.326 e. The fraction of sp³-hybridized carbons (Fsp3) is 0.429. The first kappa shape index (κ1) is 15.0. The van der Waals surface area contributed by atoms with Crippen molar-refractivity contribution in [3.63, 3.8) is 0 Å². The van der Waals surface area contributed by atoms with Crippen molar-refractivity contribution < 1.29 is 14.7 Å². The third kappa shape index (κ3) is 4.28. The average Bonchev–Trinajstić information content (AvgIpc) is 2.38. The molecule has 0 aromatic heterocycles. The van der Waals surface area contributed by atoms with Crippen molar-refractivity contribution in [1.82, 2.24) is 5.32 Å². The van der Waals surface area contributed by atoms with Crippen LogP contribution in [0.15, 0.2) is 24.3 Å². The number of hydrogen-bond donors (Lipinski definition) is 2. The number of carbonyl (C=O) groups is 2. The van der Waals surface area contributed by atoms with Crippen LogP contribution in [0.5, 0.6) is 0 Å². The van der Waals surface area contributed by atoms with Crippen molar-refractivity contribution in [2.45, 2.75) is 25.8 Å². The topological polar surface area (TPSA) is 69.6 Å². The number of carboxylic acids is 1. The van der Waals surface area contributed by atoms with E-state index in [1.807, 2.05) is 32.0 Å². The third-order valence-corrected chi connectivity index (χ3v) is 2.81. The minimum absolute atomic E-state index is 0.357. The lowest BCUT2D eigenvalue weighted by atomic mass is 10.1. The van der Waals surface area contributed by atoms with Gasteiger partial charge in [-0.05, 0) is 24.6 Å². The van der Waals surface area contributed by atoms with Crippen LogP contribution in [0, 0.1) is 0 Å². The summed E-state index contributed by atoms with van der Waals surface area (Å²) < 4.78 is 0. The SMILES string of the molecule is CCCC(NC(=O)c1cccc(N(C)C)c1)C(=O)O. The molecule has 0 aliphatic carbocycles. The highest BCUT2D eigenvalue weighted by atomic mass is 16.4. The maximum atomic E-state index is 12.0. The zero-order valence-electron chi connectivity index (χ0n) is 11.5. The van der Waals surface area contributed by atoms with Gasteiger partial charge >= 0.3 is 5.97 Å². The molecule has 0 spiro atoms. The molecule has 0 fully saturated rings. The van der Waals surface area contributed by atoms with Gasteiger partial charge in [0, 0.05) is 25.3 Å². The van der Waals surface area contributed by atoms with Gasteiger partial charge in [0.15, 0.2) is 0 Å². The molecule has 1 atom stereocenters. The number of nitrogens with one attached hydrogen (secondary N) is 1. The summed E-state index contributed by atoms with van der Waals surface area (Å²) in [6.45, 7) is 1.88. The van der Waals surface area contributed by atoms with Crippen LogP contribution in [0.2, 0.25) is 0 Å². The molecule has 19 heavy (non-hydrogen) atoms. The first-order valence-electron chi connectivity index (χ1n) is 6.26. The van der Waals surface area contributed by atoms with E-state index in [-0.39, 0.29) is 5.91 Å². The van der Waals surface area contributed by atoms with E-state index in [1.54, 1.807) is 18.2 Å². The number of hydrogen-bond acceptors (Lipinski definition) is 3. The zero-order valence-corrected chi connectivity index (χ0v) is 11.5. The first-order valence-corrected chi connectivity index (χ1v) is 6.26. The van der Waals surface area contributed by atoms with E-state index in [1.165, 1.54) is 0 Å². The molecule has 0 heterocycles. The van der Waals surface area contributed by atoms with Gasteiger partial charge < -0.3 is 15.3 Å². The average molecular weight is 264 g/mol. The highest BCUT2D eigenvalue weighted by Crippen LogP contribution is 2.13. The second-order valence-electron chi connectivity index (χ2n) is 4.60. The normalized spacial score (nSPS) is 11.7. The summed E-state index contributed by atoms with van der Waals surface area (Å²) in [7, 11) is 3.77. The molecule has 1 rings (SSSR count). The van der Waals surface area contributed by atoms with Crippen LogP contribution in [0.25, 0.3) is 0 Å². The fourth-order valence-corrected chi connectivity index (χ4v) is 1.71. The van der Waals surface area contributed by atoms with Crippen molar-refractivity contribution in [2.24, 2.45) is 0 Å². The quantitative estimate of drug-likeness (QED) is 0.821. The van der Waals surface area contributed by atoms with Gasteiger partial charge in [0.1, 0.15) is 6.04 Å². The summed E-state index contributed by atoms with van der Waals surface area (Å²) in [6, 6.07) is 6.24. The zero-order chi connectivity index (χ0) is 14.4. The highest BCUT2D eigenvalue weighted by molar-refractivity contribution is 5.97. The number of benzene rings is 1. The van der Waals surface area contributed by atoms with Gasteiger partial charge in [-0.25, -0.2) is 4.79 Å². The molecule has 0 saturated heterocycles. The molecule has 2 N–H and O–H groups in total. The summed E-state index contributed by atoms with van der Waals surface area (Å²) in [5, 5.41) is 11.6. The molecular weight excluding hydrogens is 244 g/mol. The Labute approximate surface area is 113 Å². The maximum absolute atomic E-state index is 12.0. The Morgan fingerprint density at radius 1 is 1.37 bits per heavy atom. The largest absolute Gasteiger partial charge is 0.480 e. The van der Waals surface area contributed by atoms with Crippen LogP contribution in [-0.2, 0) is 4.79 Å². The molecule has 5 heteroatoms. The molecule has 0 saturated carbocycles. The Bertz CT molecular complexity index is 458. The molecule has 5 nitrogen and oxygen atoms in total. The van der Waals surface area contributed by atoms with E-state index < -0.39 is 12.0 Å². The van der Waals surface area contributed by atoms with Crippen LogP contribution in [0.3, 0.4) is 0 Å². The Morgan fingerprint density at radius 3 is 2.58 bits per heavy atom. The van der Waals surface area contributed by atoms with E-state index in [4.69, 9.17) is 5.11 Å². The summed E-state index contributed by atoms with van der Waals surface area (Å²) in [5.74, 6) is -1.36. The van der Waals surface area contributed by atoms with Gasteiger partial charge in [-0.15, -0.1) is 0 Å². The number of amides is 1. The van der Waals surface area contributed by atoms with Crippen molar-refractivity contribution >= 4 is 17.6 Å². The van der Waals surface area contributed by atoms with Gasteiger partial charge in [0.05, 0.1) is 0 Å². The van der Waals surface area contributed by atoms with E-state index >= 15 is 0 Å². The molecule has 0 aliphatic heterocycles. The monoisotopic (exact) mass is 264 g/mol. The minimum atomic E-state index is -1.00. The van der Waals surface area contributed by atoms with Crippen molar-refractivity contribution in [1.29, 1.82) is 0 Å². The van der Waals surface area contributed by atoms with E-state index in [0.717, 1.165) is 5.69 Å². The number of nitrogens with zero attached hydrogens (tertiary/aromatic N) is 1. The molecule has 0 bridgehead atoms. The Morgan fingerprint density at radius 2 is 2.05 bits per heavy atom. The first-order chi connectivity index (χ1) is 8.95. The van der Waals surface area contributed by atoms with Crippen LogP contribution in [-0.4, -0.2) is 37.1 Å². The predicted octanol–water partition coefficient (Wildman–Crippen LogP) is 1.74. The summed E-state index contributed by atoms with van der Waals surface area (Å²) in [4.78, 5) is 24.9. The van der Waals surface area contributed by atoms with E-state index in [2.05, 4.69) is 5.32 Å². The number of carboxylic acid groups (broad SMARTS) is 1. The van der Waals surface area contributed by atoms with Gasteiger partial charge in [-0.3, -0.25) is 4.79 Å². The summed E-state index contributed by atoms with van der Waals surface area (Å²) >= 11 is 0. The van der Waals surface area contributed by atoms with Gasteiger partial charge in [-0.1, -0.05) is 19.4 Å². The van der Waals surface area contributed by atoms with E-state index in [0.29, 0.717) is 18.4 Å². The Hall–Kier alpha value is -2.04. The molecule has 0 aliphatic rings. The summed E-state index contributed by atoms with van der Waals surface area (Å²) in [5.41, 5.74) is 1.36. The lowest BCUT2D eigenvalue weighted by Gasteiger charge is -2.16. The van der Waals surface area contributed by atoms with Crippen LogP contribution < -0.4 is 10.2 Å². The number of aliphatic carboxylic acids is 1. The molecule has 1 amide bonds. The van der Waals surface area contributed by atoms with Crippen LogP contribution >= 0.6 is 0 Å². The lowest BCUT2D eigenvalue weighted by Crippen LogP contribution is -2.40. The standard InChI is InChI=1S/C14H20N2O3/c1-4-6-12(14(18)19)15-13(17)10-7-5-8-11(9-10)16(2)3/h5,7-9,12H,4,6H2,1-3H3,(H,15,17)(H,18,19). The number of rotatable bonds is 6. The summed E-state index contributed by atoms with van der Waals surface area (Å²) in [6.07, 6.45) is 1.13. The van der Waals surface area contributed by atoms with Crippen LogP contribution in [0.1, 0.15) is 30.1 Å². The minimum Gasteiger partial charge on any atom is -0.480 e. The van der Waals surface area contributed by atoms with Gasteiger partial charge in [-0.2, -0.15) is 0 Å². The second kappa shape index (κ2) is 6.78. The van der Waals surface area contributed by atoms with Crippen LogP contribution in [0.4, 0.5) is 5.69 Å². The molecule has 1 aromatic rings. The molecule has 1 aromatic carbocycles. The molecule has 104 valence electrons. The third-order valence-electron chi connectivity index (χ3n) is 2.81. The maximum Gasteiger partial charge on any atom is 0.326 e. The molecule has 0 radical (unpaired) electrons. The fourth-order valence-electron chi connectivity index (χ4n) is 1.71. The highest BCUT2D eigenvalue weighted by Gasteiger charge is 2.19. The number of carbonyl (C=O) groups excluding carboxylic acids is 1. The second-order valence-corrected chi connectivity index (χ2v) is 4.60. The predicted molar refractivity (Wildman–Crippen MR) is 74.6 cm³/mol. The van der Waals surface area contributed by atoms with Gasteiger partial charge in [0.2, 0.25) is 0 Å². The Balaban J connectivity index is 2.82. The molecular formula is C14H20N2O3. The Kier molecular flexibility index (Phi) is 5.36. The van der Waals surface area contributed by atoms with Crippen molar-refractivity contribution in [3.05, 3.63) is 29.8 Å².